The van der Waals surface area contributed by atoms with Gasteiger partial charge in [-0.3, -0.25) is 0 Å². The molecule has 0 aromatic carbocycles. The van der Waals surface area contributed by atoms with Gasteiger partial charge in [0.15, 0.2) is 0 Å². The van der Waals surface area contributed by atoms with Crippen molar-refractivity contribution in [1.29, 1.82) is 0 Å². The van der Waals surface area contributed by atoms with Crippen LogP contribution in [0, 0.1) is 0 Å². The van der Waals surface area contributed by atoms with Crippen molar-refractivity contribution in [3.8, 4) is 0 Å². The van der Waals surface area contributed by atoms with Crippen LogP contribution in [0.3, 0.4) is 0 Å². The third-order valence-electron chi connectivity index (χ3n) is 3.15. The number of carbonyl (C=O) groups is 2. The van der Waals surface area contributed by atoms with Crippen LogP contribution >= 0.6 is 0 Å². The first-order valence-corrected chi connectivity index (χ1v) is 5.69. The number of carboxylic acid groups (broad SMARTS) is 1. The molecule has 0 aromatic heterocycles. The van der Waals surface area contributed by atoms with Gasteiger partial charge in [0.1, 0.15) is 6.04 Å². The topological polar surface area (TPSA) is 69.6 Å². The Kier molecular flexibility index (Phi) is 3.78. The van der Waals surface area contributed by atoms with E-state index in [2.05, 4.69) is 5.32 Å². The molecule has 2 N–H and O–H groups in total. The van der Waals surface area contributed by atoms with Crippen molar-refractivity contribution in [1.82, 2.24) is 10.2 Å². The zero-order valence-corrected chi connectivity index (χ0v) is 10.1. The van der Waals surface area contributed by atoms with E-state index < -0.39 is 12.0 Å². The molecular formula is C11H20N2O3. The van der Waals surface area contributed by atoms with E-state index >= 15 is 0 Å². The Bertz CT molecular complexity index is 289. The molecule has 1 heterocycles. The van der Waals surface area contributed by atoms with Crippen LogP contribution in [0.4, 0.5) is 4.79 Å². The van der Waals surface area contributed by atoms with Gasteiger partial charge in [0.05, 0.1) is 0 Å². The van der Waals surface area contributed by atoms with Crippen LogP contribution in [-0.2, 0) is 4.79 Å². The summed E-state index contributed by atoms with van der Waals surface area (Å²) in [5.41, 5.74) is -0.166. The molecule has 0 aromatic rings. The average molecular weight is 228 g/mol. The third-order valence-corrected chi connectivity index (χ3v) is 3.15. The molecule has 1 unspecified atom stereocenters. The molecule has 0 radical (unpaired) electrons. The average Bonchev–Trinajstić information content (AvgIpc) is 2.53. The maximum atomic E-state index is 11.9. The first-order chi connectivity index (χ1) is 7.38. The van der Waals surface area contributed by atoms with Crippen molar-refractivity contribution in [2.45, 2.75) is 51.6 Å². The highest BCUT2D eigenvalue weighted by molar-refractivity contribution is 5.83. The molecule has 2 amide bonds. The monoisotopic (exact) mass is 228 g/mol. The number of likely N-dealkylation sites (tertiary alicyclic amines) is 1. The summed E-state index contributed by atoms with van der Waals surface area (Å²) in [6.45, 7) is 6.45. The number of hydrogen-bond donors (Lipinski definition) is 2. The van der Waals surface area contributed by atoms with Gasteiger partial charge in [0, 0.05) is 12.1 Å². The summed E-state index contributed by atoms with van der Waals surface area (Å²) in [5, 5.41) is 11.4. The van der Waals surface area contributed by atoms with Gasteiger partial charge in [0.2, 0.25) is 0 Å². The SMILES string of the molecule is CCC(NC(=O)N1CCCC1(C)C)C(=O)O. The Morgan fingerprint density at radius 2 is 2.12 bits per heavy atom. The molecule has 0 aliphatic carbocycles. The molecule has 5 heteroatoms. The minimum Gasteiger partial charge on any atom is -0.480 e. The van der Waals surface area contributed by atoms with Crippen molar-refractivity contribution in [3.05, 3.63) is 0 Å². The lowest BCUT2D eigenvalue weighted by Gasteiger charge is -2.32. The minimum atomic E-state index is -0.979. The van der Waals surface area contributed by atoms with E-state index in [1.807, 2.05) is 13.8 Å². The van der Waals surface area contributed by atoms with E-state index in [9.17, 15) is 9.59 Å². The number of aliphatic carboxylic acids is 1. The summed E-state index contributed by atoms with van der Waals surface area (Å²) in [4.78, 5) is 24.4. The molecule has 1 fully saturated rings. The normalized spacial score (nSPS) is 20.6. The van der Waals surface area contributed by atoms with Crippen LogP contribution < -0.4 is 5.32 Å². The van der Waals surface area contributed by atoms with Gasteiger partial charge in [-0.05, 0) is 33.1 Å². The largest absolute Gasteiger partial charge is 0.480 e. The molecule has 1 rings (SSSR count). The fourth-order valence-corrected chi connectivity index (χ4v) is 2.05. The highest BCUT2D eigenvalue weighted by atomic mass is 16.4. The zero-order valence-electron chi connectivity index (χ0n) is 10.1. The predicted octanol–water partition coefficient (Wildman–Crippen LogP) is 1.43. The second-order valence-corrected chi connectivity index (χ2v) is 4.82. The van der Waals surface area contributed by atoms with Gasteiger partial charge in [-0.1, -0.05) is 6.92 Å². The third kappa shape index (κ3) is 2.65. The van der Waals surface area contributed by atoms with Crippen molar-refractivity contribution >= 4 is 12.0 Å². The molecule has 5 nitrogen and oxygen atoms in total. The molecule has 1 aliphatic rings. The van der Waals surface area contributed by atoms with Gasteiger partial charge in [-0.2, -0.15) is 0 Å². The maximum Gasteiger partial charge on any atom is 0.326 e. The number of rotatable bonds is 3. The van der Waals surface area contributed by atoms with Crippen molar-refractivity contribution < 1.29 is 14.7 Å². The van der Waals surface area contributed by atoms with Crippen LogP contribution in [0.2, 0.25) is 0 Å². The summed E-state index contributed by atoms with van der Waals surface area (Å²) in [5.74, 6) is -0.979. The predicted molar refractivity (Wildman–Crippen MR) is 60.3 cm³/mol. The van der Waals surface area contributed by atoms with Crippen molar-refractivity contribution in [2.24, 2.45) is 0 Å². The Balaban J connectivity index is 2.61. The molecule has 1 aliphatic heterocycles. The first-order valence-electron chi connectivity index (χ1n) is 5.69. The van der Waals surface area contributed by atoms with Crippen molar-refractivity contribution in [3.63, 3.8) is 0 Å². The zero-order chi connectivity index (χ0) is 12.3. The minimum absolute atomic E-state index is 0.166. The lowest BCUT2D eigenvalue weighted by molar-refractivity contribution is -0.139. The van der Waals surface area contributed by atoms with E-state index in [1.165, 1.54) is 0 Å². The summed E-state index contributed by atoms with van der Waals surface area (Å²) in [6, 6.07) is -1.05. The summed E-state index contributed by atoms with van der Waals surface area (Å²) in [7, 11) is 0. The Morgan fingerprint density at radius 3 is 2.50 bits per heavy atom. The second-order valence-electron chi connectivity index (χ2n) is 4.82. The highest BCUT2D eigenvalue weighted by Gasteiger charge is 2.36. The molecule has 1 saturated heterocycles. The summed E-state index contributed by atoms with van der Waals surface area (Å²) < 4.78 is 0. The molecule has 1 atom stereocenters. The molecule has 0 saturated carbocycles. The van der Waals surface area contributed by atoms with E-state index in [0.717, 1.165) is 12.8 Å². The van der Waals surface area contributed by atoms with Gasteiger partial charge >= 0.3 is 12.0 Å². The van der Waals surface area contributed by atoms with Gasteiger partial charge in [-0.25, -0.2) is 9.59 Å². The Labute approximate surface area is 95.8 Å². The number of nitrogens with one attached hydrogen (secondary N) is 1. The first kappa shape index (κ1) is 12.8. The fraction of sp³-hybridized carbons (Fsp3) is 0.818. The number of nitrogens with zero attached hydrogens (tertiary/aromatic N) is 1. The number of hydrogen-bond acceptors (Lipinski definition) is 2. The lowest BCUT2D eigenvalue weighted by atomic mass is 10.0. The van der Waals surface area contributed by atoms with Crippen LogP contribution in [0.1, 0.15) is 40.0 Å². The fourth-order valence-electron chi connectivity index (χ4n) is 2.05. The van der Waals surface area contributed by atoms with Gasteiger partial charge < -0.3 is 15.3 Å². The molecule has 92 valence electrons. The second kappa shape index (κ2) is 4.72. The summed E-state index contributed by atoms with van der Waals surface area (Å²) >= 11 is 0. The van der Waals surface area contributed by atoms with Crippen LogP contribution in [0.5, 0.6) is 0 Å². The molecule has 16 heavy (non-hydrogen) atoms. The van der Waals surface area contributed by atoms with E-state index in [4.69, 9.17) is 5.11 Å². The van der Waals surface area contributed by atoms with Crippen LogP contribution in [0.25, 0.3) is 0 Å². The molecule has 0 bridgehead atoms. The number of carbonyl (C=O) groups excluding carboxylic acids is 1. The number of carboxylic acids is 1. The molecular weight excluding hydrogens is 208 g/mol. The van der Waals surface area contributed by atoms with Gasteiger partial charge in [-0.15, -0.1) is 0 Å². The maximum absolute atomic E-state index is 11.9. The van der Waals surface area contributed by atoms with E-state index in [1.54, 1.807) is 11.8 Å². The number of amides is 2. The smallest absolute Gasteiger partial charge is 0.326 e. The van der Waals surface area contributed by atoms with Gasteiger partial charge in [0.25, 0.3) is 0 Å². The number of urea groups is 1. The van der Waals surface area contributed by atoms with E-state index in [-0.39, 0.29) is 11.6 Å². The van der Waals surface area contributed by atoms with E-state index in [0.29, 0.717) is 13.0 Å². The quantitative estimate of drug-likeness (QED) is 0.767. The lowest BCUT2D eigenvalue weighted by Crippen LogP contribution is -2.52. The standard InChI is InChI=1S/C11H20N2O3/c1-4-8(9(14)15)12-10(16)13-7-5-6-11(13,2)3/h8H,4-7H2,1-3H3,(H,12,16)(H,14,15). The van der Waals surface area contributed by atoms with Crippen LogP contribution in [-0.4, -0.2) is 40.1 Å². The highest BCUT2D eigenvalue weighted by Crippen LogP contribution is 2.27. The Morgan fingerprint density at radius 1 is 1.50 bits per heavy atom. The van der Waals surface area contributed by atoms with Crippen LogP contribution in [0.15, 0.2) is 0 Å². The Hall–Kier alpha value is -1.26. The summed E-state index contributed by atoms with van der Waals surface area (Å²) in [6.07, 6.45) is 2.34. The molecule has 0 spiro atoms. The van der Waals surface area contributed by atoms with Crippen molar-refractivity contribution in [2.75, 3.05) is 6.54 Å².